The Hall–Kier alpha value is -3.67. The van der Waals surface area contributed by atoms with E-state index in [1.807, 2.05) is 55.5 Å². The van der Waals surface area contributed by atoms with Gasteiger partial charge in [-0.15, -0.1) is 0 Å². The summed E-state index contributed by atoms with van der Waals surface area (Å²) in [4.78, 5) is 13.7. The molecule has 0 amide bonds. The lowest BCUT2D eigenvalue weighted by Crippen LogP contribution is -2.01. The zero-order valence-electron chi connectivity index (χ0n) is 15.9. The molecule has 6 nitrogen and oxygen atoms in total. The number of rotatable bonds is 5. The first-order chi connectivity index (χ1) is 13.7. The van der Waals surface area contributed by atoms with E-state index < -0.39 is 0 Å². The van der Waals surface area contributed by atoms with Gasteiger partial charge in [0.1, 0.15) is 17.3 Å². The molecule has 0 aliphatic heterocycles. The minimum atomic E-state index is 0.597. The number of aryl methyl sites for hydroxylation is 1. The van der Waals surface area contributed by atoms with Gasteiger partial charge in [0.25, 0.3) is 0 Å². The van der Waals surface area contributed by atoms with Crippen LogP contribution in [0, 0.1) is 6.92 Å². The monoisotopic (exact) mass is 372 g/mol. The smallest absolute Gasteiger partial charge is 0.163 e. The van der Waals surface area contributed by atoms with Gasteiger partial charge in [-0.25, -0.2) is 9.97 Å². The molecule has 0 aliphatic rings. The standard InChI is InChI=1S/C22H20N4O2/c1-14-6-9-20(28-3)19(11-14)25-22-17-12-16(27-2)7-8-18(17)24-21(26-22)15-5-4-10-23-13-15/h4-13H,1-3H3,(H,24,25,26). The maximum atomic E-state index is 5.50. The van der Waals surface area contributed by atoms with Gasteiger partial charge in [0.15, 0.2) is 5.82 Å². The van der Waals surface area contributed by atoms with Gasteiger partial charge in [-0.3, -0.25) is 4.98 Å². The number of nitrogens with zero attached hydrogens (tertiary/aromatic N) is 3. The number of methoxy groups -OCH3 is 2. The maximum Gasteiger partial charge on any atom is 0.163 e. The largest absolute Gasteiger partial charge is 0.497 e. The maximum absolute atomic E-state index is 5.50. The van der Waals surface area contributed by atoms with E-state index >= 15 is 0 Å². The first kappa shape index (κ1) is 17.7. The molecular weight excluding hydrogens is 352 g/mol. The molecular formula is C22H20N4O2. The third-order valence-electron chi connectivity index (χ3n) is 4.43. The summed E-state index contributed by atoms with van der Waals surface area (Å²) in [7, 11) is 3.29. The molecule has 0 atom stereocenters. The Morgan fingerprint density at radius 2 is 1.82 bits per heavy atom. The highest BCUT2D eigenvalue weighted by molar-refractivity contribution is 5.93. The van der Waals surface area contributed by atoms with Crippen LogP contribution < -0.4 is 14.8 Å². The normalized spacial score (nSPS) is 10.7. The van der Waals surface area contributed by atoms with Crippen LogP contribution in [0.4, 0.5) is 11.5 Å². The lowest BCUT2D eigenvalue weighted by Gasteiger charge is -2.14. The number of aromatic nitrogens is 3. The molecule has 1 N–H and O–H groups in total. The lowest BCUT2D eigenvalue weighted by molar-refractivity contribution is 0.415. The van der Waals surface area contributed by atoms with Crippen molar-refractivity contribution < 1.29 is 9.47 Å². The fraction of sp³-hybridized carbons (Fsp3) is 0.136. The minimum Gasteiger partial charge on any atom is -0.497 e. The summed E-state index contributed by atoms with van der Waals surface area (Å²) in [5.74, 6) is 2.75. The number of fused-ring (bicyclic) bond motifs is 1. The molecule has 2 aromatic carbocycles. The van der Waals surface area contributed by atoms with Gasteiger partial charge in [0.2, 0.25) is 0 Å². The number of nitrogens with one attached hydrogen (secondary N) is 1. The van der Waals surface area contributed by atoms with Crippen molar-refractivity contribution in [3.05, 3.63) is 66.5 Å². The summed E-state index contributed by atoms with van der Waals surface area (Å²) in [6, 6.07) is 15.5. The number of benzene rings is 2. The molecule has 0 fully saturated rings. The summed E-state index contributed by atoms with van der Waals surface area (Å²) >= 11 is 0. The number of hydrogen-bond donors (Lipinski definition) is 1. The highest BCUT2D eigenvalue weighted by atomic mass is 16.5. The van der Waals surface area contributed by atoms with Crippen LogP contribution in [0.2, 0.25) is 0 Å². The van der Waals surface area contributed by atoms with Crippen molar-refractivity contribution in [1.29, 1.82) is 0 Å². The van der Waals surface area contributed by atoms with Crippen LogP contribution in [0.3, 0.4) is 0 Å². The Morgan fingerprint density at radius 1 is 0.929 bits per heavy atom. The number of anilines is 2. The second-order valence-electron chi connectivity index (χ2n) is 6.35. The Bertz CT molecular complexity index is 1130. The highest BCUT2D eigenvalue weighted by Crippen LogP contribution is 2.33. The van der Waals surface area contributed by atoms with Crippen molar-refractivity contribution in [1.82, 2.24) is 15.0 Å². The van der Waals surface area contributed by atoms with Crippen molar-refractivity contribution >= 4 is 22.4 Å². The van der Waals surface area contributed by atoms with Gasteiger partial charge < -0.3 is 14.8 Å². The summed E-state index contributed by atoms with van der Waals surface area (Å²) in [5.41, 5.74) is 3.61. The Kier molecular flexibility index (Phi) is 4.76. The van der Waals surface area contributed by atoms with Crippen LogP contribution in [-0.4, -0.2) is 29.2 Å². The zero-order valence-corrected chi connectivity index (χ0v) is 15.9. The van der Waals surface area contributed by atoms with Crippen LogP contribution >= 0.6 is 0 Å². The fourth-order valence-electron chi connectivity index (χ4n) is 3.00. The highest BCUT2D eigenvalue weighted by Gasteiger charge is 2.13. The molecule has 140 valence electrons. The number of hydrogen-bond acceptors (Lipinski definition) is 6. The summed E-state index contributed by atoms with van der Waals surface area (Å²) in [6.07, 6.45) is 3.48. The molecule has 0 spiro atoms. The second kappa shape index (κ2) is 7.52. The first-order valence-corrected chi connectivity index (χ1v) is 8.86. The van der Waals surface area contributed by atoms with E-state index in [0.717, 1.165) is 39.2 Å². The molecule has 0 saturated carbocycles. The molecule has 0 bridgehead atoms. The molecule has 0 unspecified atom stereocenters. The lowest BCUT2D eigenvalue weighted by atomic mass is 10.1. The fourth-order valence-corrected chi connectivity index (χ4v) is 3.00. The van der Waals surface area contributed by atoms with E-state index in [-0.39, 0.29) is 0 Å². The third-order valence-corrected chi connectivity index (χ3v) is 4.43. The van der Waals surface area contributed by atoms with E-state index in [9.17, 15) is 0 Å². The average Bonchev–Trinajstić information content (AvgIpc) is 2.74. The SMILES string of the molecule is COc1ccc2nc(-c3cccnc3)nc(Nc3cc(C)ccc3OC)c2c1. The molecule has 0 aliphatic carbocycles. The number of pyridine rings is 1. The van der Waals surface area contributed by atoms with Crippen LogP contribution in [0.1, 0.15) is 5.56 Å². The Balaban J connectivity index is 1.90. The Morgan fingerprint density at radius 3 is 2.57 bits per heavy atom. The topological polar surface area (TPSA) is 69.2 Å². The molecule has 0 radical (unpaired) electrons. The molecule has 4 aromatic rings. The van der Waals surface area contributed by atoms with E-state index in [0.29, 0.717) is 11.6 Å². The molecule has 4 rings (SSSR count). The third kappa shape index (κ3) is 3.44. The van der Waals surface area contributed by atoms with Crippen molar-refractivity contribution in [3.8, 4) is 22.9 Å². The van der Waals surface area contributed by atoms with Crippen molar-refractivity contribution in [2.24, 2.45) is 0 Å². The van der Waals surface area contributed by atoms with Gasteiger partial charge >= 0.3 is 0 Å². The van der Waals surface area contributed by atoms with Crippen molar-refractivity contribution in [2.45, 2.75) is 6.92 Å². The van der Waals surface area contributed by atoms with E-state index in [1.54, 1.807) is 26.6 Å². The Labute approximate surface area is 163 Å². The molecule has 28 heavy (non-hydrogen) atoms. The van der Waals surface area contributed by atoms with E-state index in [4.69, 9.17) is 19.4 Å². The summed E-state index contributed by atoms with van der Waals surface area (Å²) < 4.78 is 10.9. The summed E-state index contributed by atoms with van der Waals surface area (Å²) in [5, 5.41) is 4.27. The van der Waals surface area contributed by atoms with Gasteiger partial charge in [-0.1, -0.05) is 6.07 Å². The van der Waals surface area contributed by atoms with Crippen LogP contribution in [0.5, 0.6) is 11.5 Å². The predicted octanol–water partition coefficient (Wildman–Crippen LogP) is 4.76. The van der Waals surface area contributed by atoms with Gasteiger partial charge in [0, 0.05) is 23.3 Å². The first-order valence-electron chi connectivity index (χ1n) is 8.86. The molecule has 2 heterocycles. The van der Waals surface area contributed by atoms with E-state index in [1.165, 1.54) is 0 Å². The predicted molar refractivity (Wildman–Crippen MR) is 110 cm³/mol. The van der Waals surface area contributed by atoms with Gasteiger partial charge in [0.05, 0.1) is 25.4 Å². The number of ether oxygens (including phenoxy) is 2. The average molecular weight is 372 g/mol. The zero-order chi connectivity index (χ0) is 19.5. The van der Waals surface area contributed by atoms with Crippen molar-refractivity contribution in [2.75, 3.05) is 19.5 Å². The molecule has 2 aromatic heterocycles. The van der Waals surface area contributed by atoms with Gasteiger partial charge in [-0.05, 0) is 55.0 Å². The minimum absolute atomic E-state index is 0.597. The van der Waals surface area contributed by atoms with Crippen molar-refractivity contribution in [3.63, 3.8) is 0 Å². The summed E-state index contributed by atoms with van der Waals surface area (Å²) in [6.45, 7) is 2.03. The molecule has 6 heteroatoms. The second-order valence-corrected chi connectivity index (χ2v) is 6.35. The van der Waals surface area contributed by atoms with E-state index in [2.05, 4.69) is 10.3 Å². The quantitative estimate of drug-likeness (QED) is 0.545. The van der Waals surface area contributed by atoms with Crippen LogP contribution in [0.15, 0.2) is 60.9 Å². The van der Waals surface area contributed by atoms with Gasteiger partial charge in [-0.2, -0.15) is 0 Å². The van der Waals surface area contributed by atoms with Crippen LogP contribution in [-0.2, 0) is 0 Å². The molecule has 0 saturated heterocycles. The van der Waals surface area contributed by atoms with Crippen LogP contribution in [0.25, 0.3) is 22.3 Å².